The number of nitrogens with one attached hydrogen (secondary N) is 1. The minimum absolute atomic E-state index is 0.283. The second kappa shape index (κ2) is 3.75. The van der Waals surface area contributed by atoms with Gasteiger partial charge in [-0.1, -0.05) is 12.1 Å². The first-order chi connectivity index (χ1) is 6.36. The molecule has 0 atom stereocenters. The predicted octanol–water partition coefficient (Wildman–Crippen LogP) is 1.42. The summed E-state index contributed by atoms with van der Waals surface area (Å²) < 4.78 is 18.3. The number of rotatable bonds is 3. The Bertz CT molecular complexity index is 286. The second-order valence-corrected chi connectivity index (χ2v) is 3.27. The van der Waals surface area contributed by atoms with Gasteiger partial charge in [-0.15, -0.1) is 0 Å². The molecule has 3 heteroatoms. The van der Waals surface area contributed by atoms with Crippen LogP contribution in [0.3, 0.4) is 0 Å². The number of hydrogen-bond acceptors (Lipinski definition) is 2. The van der Waals surface area contributed by atoms with Crippen LogP contribution in [0.2, 0.25) is 0 Å². The molecule has 1 N–H and O–H groups in total. The van der Waals surface area contributed by atoms with Gasteiger partial charge in [0.15, 0.2) is 11.6 Å². The Morgan fingerprint density at radius 3 is 2.77 bits per heavy atom. The summed E-state index contributed by atoms with van der Waals surface area (Å²) in [5, 5.41) is 3.14. The van der Waals surface area contributed by atoms with Gasteiger partial charge in [0.1, 0.15) is 0 Å². The van der Waals surface area contributed by atoms with Crippen LogP contribution in [-0.2, 0) is 0 Å². The molecule has 0 unspecified atom stereocenters. The Morgan fingerprint density at radius 2 is 2.15 bits per heavy atom. The van der Waals surface area contributed by atoms with E-state index in [2.05, 4.69) is 5.32 Å². The summed E-state index contributed by atoms with van der Waals surface area (Å²) in [6, 6.07) is 6.50. The summed E-state index contributed by atoms with van der Waals surface area (Å²) in [5.41, 5.74) is 0. The van der Waals surface area contributed by atoms with Gasteiger partial charge in [0, 0.05) is 19.0 Å². The van der Waals surface area contributed by atoms with E-state index in [0.717, 1.165) is 13.1 Å². The SMILES string of the molecule is Fc1ccccc1OCC1CNC1. The van der Waals surface area contributed by atoms with Crippen LogP contribution in [0.1, 0.15) is 0 Å². The van der Waals surface area contributed by atoms with Crippen LogP contribution >= 0.6 is 0 Å². The van der Waals surface area contributed by atoms with E-state index >= 15 is 0 Å². The Balaban J connectivity index is 1.89. The van der Waals surface area contributed by atoms with Crippen molar-refractivity contribution in [2.24, 2.45) is 5.92 Å². The average molecular weight is 181 g/mol. The van der Waals surface area contributed by atoms with E-state index in [1.807, 2.05) is 0 Å². The molecule has 1 aliphatic heterocycles. The minimum atomic E-state index is -0.283. The monoisotopic (exact) mass is 181 g/mol. The van der Waals surface area contributed by atoms with Gasteiger partial charge in [-0.25, -0.2) is 4.39 Å². The van der Waals surface area contributed by atoms with Gasteiger partial charge in [-0.05, 0) is 12.1 Å². The lowest BCUT2D eigenvalue weighted by Gasteiger charge is -2.26. The third-order valence-corrected chi connectivity index (χ3v) is 2.18. The highest BCUT2D eigenvalue weighted by Gasteiger charge is 2.17. The van der Waals surface area contributed by atoms with E-state index < -0.39 is 0 Å². The molecule has 1 saturated heterocycles. The Kier molecular flexibility index (Phi) is 2.45. The van der Waals surface area contributed by atoms with E-state index in [1.165, 1.54) is 6.07 Å². The first kappa shape index (κ1) is 8.51. The standard InChI is InChI=1S/C10H12FNO/c11-9-3-1-2-4-10(9)13-7-8-5-12-6-8/h1-4,8,12H,5-7H2. The summed E-state index contributed by atoms with van der Waals surface area (Å²) in [5.74, 6) is 0.615. The smallest absolute Gasteiger partial charge is 0.165 e. The molecule has 70 valence electrons. The Labute approximate surface area is 76.7 Å². The lowest BCUT2D eigenvalue weighted by atomic mass is 10.1. The molecule has 0 amide bonds. The number of ether oxygens (including phenoxy) is 1. The van der Waals surface area contributed by atoms with Gasteiger partial charge in [0.2, 0.25) is 0 Å². The summed E-state index contributed by atoms with van der Waals surface area (Å²) in [4.78, 5) is 0. The molecule has 1 heterocycles. The largest absolute Gasteiger partial charge is 0.490 e. The van der Waals surface area contributed by atoms with Crippen molar-refractivity contribution >= 4 is 0 Å². The molecule has 0 saturated carbocycles. The lowest BCUT2D eigenvalue weighted by molar-refractivity contribution is 0.193. The van der Waals surface area contributed by atoms with E-state index in [1.54, 1.807) is 18.2 Å². The summed E-state index contributed by atoms with van der Waals surface area (Å²) >= 11 is 0. The molecule has 1 aromatic carbocycles. The first-order valence-electron chi connectivity index (χ1n) is 4.44. The van der Waals surface area contributed by atoms with Crippen molar-refractivity contribution in [2.45, 2.75) is 0 Å². The molecular formula is C10H12FNO. The van der Waals surface area contributed by atoms with Gasteiger partial charge < -0.3 is 10.1 Å². The quantitative estimate of drug-likeness (QED) is 0.761. The predicted molar refractivity (Wildman–Crippen MR) is 48.3 cm³/mol. The molecule has 0 bridgehead atoms. The zero-order chi connectivity index (χ0) is 9.10. The van der Waals surface area contributed by atoms with Crippen LogP contribution in [0.25, 0.3) is 0 Å². The summed E-state index contributed by atoms with van der Waals surface area (Å²) in [6.45, 7) is 2.57. The van der Waals surface area contributed by atoms with Crippen molar-refractivity contribution in [1.82, 2.24) is 5.32 Å². The van der Waals surface area contributed by atoms with Crippen LogP contribution < -0.4 is 10.1 Å². The molecule has 13 heavy (non-hydrogen) atoms. The van der Waals surface area contributed by atoms with Crippen LogP contribution in [0.4, 0.5) is 4.39 Å². The summed E-state index contributed by atoms with van der Waals surface area (Å²) in [7, 11) is 0. The topological polar surface area (TPSA) is 21.3 Å². The molecule has 1 aliphatic rings. The van der Waals surface area contributed by atoms with Crippen LogP contribution in [0, 0.1) is 11.7 Å². The highest BCUT2D eigenvalue weighted by Crippen LogP contribution is 2.16. The van der Waals surface area contributed by atoms with Gasteiger partial charge in [0.25, 0.3) is 0 Å². The van der Waals surface area contributed by atoms with E-state index in [0.29, 0.717) is 18.3 Å². The number of hydrogen-bond donors (Lipinski definition) is 1. The van der Waals surface area contributed by atoms with Crippen LogP contribution in [-0.4, -0.2) is 19.7 Å². The molecular weight excluding hydrogens is 169 g/mol. The first-order valence-corrected chi connectivity index (χ1v) is 4.44. The number of para-hydroxylation sites is 1. The van der Waals surface area contributed by atoms with Gasteiger partial charge in [-0.2, -0.15) is 0 Å². The molecule has 1 aromatic rings. The van der Waals surface area contributed by atoms with Crippen molar-refractivity contribution < 1.29 is 9.13 Å². The second-order valence-electron chi connectivity index (χ2n) is 3.27. The Morgan fingerprint density at radius 1 is 1.38 bits per heavy atom. The van der Waals surface area contributed by atoms with E-state index in [9.17, 15) is 4.39 Å². The maximum atomic E-state index is 13.0. The van der Waals surface area contributed by atoms with Crippen LogP contribution in [0.15, 0.2) is 24.3 Å². The van der Waals surface area contributed by atoms with Crippen LogP contribution in [0.5, 0.6) is 5.75 Å². The van der Waals surface area contributed by atoms with Crippen molar-refractivity contribution in [3.8, 4) is 5.75 Å². The summed E-state index contributed by atoms with van der Waals surface area (Å²) in [6.07, 6.45) is 0. The van der Waals surface area contributed by atoms with Gasteiger partial charge >= 0.3 is 0 Å². The highest BCUT2D eigenvalue weighted by atomic mass is 19.1. The highest BCUT2D eigenvalue weighted by molar-refractivity contribution is 5.23. The third-order valence-electron chi connectivity index (χ3n) is 2.18. The van der Waals surface area contributed by atoms with Crippen molar-refractivity contribution in [3.63, 3.8) is 0 Å². The average Bonchev–Trinajstić information content (AvgIpc) is 2.05. The molecule has 2 rings (SSSR count). The van der Waals surface area contributed by atoms with E-state index in [4.69, 9.17) is 4.74 Å². The Hall–Kier alpha value is -1.09. The van der Waals surface area contributed by atoms with Crippen molar-refractivity contribution in [3.05, 3.63) is 30.1 Å². The molecule has 0 aromatic heterocycles. The fourth-order valence-corrected chi connectivity index (χ4v) is 1.24. The van der Waals surface area contributed by atoms with Crippen molar-refractivity contribution in [2.75, 3.05) is 19.7 Å². The zero-order valence-electron chi connectivity index (χ0n) is 7.29. The van der Waals surface area contributed by atoms with Crippen molar-refractivity contribution in [1.29, 1.82) is 0 Å². The zero-order valence-corrected chi connectivity index (χ0v) is 7.29. The molecule has 0 radical (unpaired) electrons. The maximum absolute atomic E-state index is 13.0. The van der Waals surface area contributed by atoms with Gasteiger partial charge in [-0.3, -0.25) is 0 Å². The molecule has 0 spiro atoms. The van der Waals surface area contributed by atoms with E-state index in [-0.39, 0.29) is 5.82 Å². The number of halogens is 1. The number of benzene rings is 1. The fraction of sp³-hybridized carbons (Fsp3) is 0.400. The third kappa shape index (κ3) is 1.98. The molecule has 1 fully saturated rings. The maximum Gasteiger partial charge on any atom is 0.165 e. The lowest BCUT2D eigenvalue weighted by Crippen LogP contribution is -2.45. The molecule has 0 aliphatic carbocycles. The normalized spacial score (nSPS) is 16.7. The van der Waals surface area contributed by atoms with Gasteiger partial charge in [0.05, 0.1) is 6.61 Å². The molecule has 2 nitrogen and oxygen atoms in total. The minimum Gasteiger partial charge on any atom is -0.490 e. The fourth-order valence-electron chi connectivity index (χ4n) is 1.24.